The summed E-state index contributed by atoms with van der Waals surface area (Å²) in [6.07, 6.45) is 4.17. The molecule has 0 aromatic heterocycles. The molecule has 0 radical (unpaired) electrons. The number of carboxylic acid groups (broad SMARTS) is 1. The molecule has 5 nitrogen and oxygen atoms in total. The van der Waals surface area contributed by atoms with E-state index < -0.39 is 5.97 Å². The number of hydrogen-bond donors (Lipinski definition) is 3. The molecule has 0 spiro atoms. The normalized spacial score (nSPS) is 19.0. The minimum atomic E-state index is -0.878. The number of amides is 1. The Kier molecular flexibility index (Phi) is 5.57. The van der Waals surface area contributed by atoms with Gasteiger partial charge in [-0.2, -0.15) is 0 Å². The van der Waals surface area contributed by atoms with Gasteiger partial charge in [0.2, 0.25) is 5.91 Å². The molecule has 20 heavy (non-hydrogen) atoms. The summed E-state index contributed by atoms with van der Waals surface area (Å²) in [5.74, 6) is -0.942. The third-order valence-corrected chi connectivity index (χ3v) is 4.03. The number of aliphatic carboxylic acids is 1. The second-order valence-electron chi connectivity index (χ2n) is 7.36. The van der Waals surface area contributed by atoms with Crippen LogP contribution in [0.3, 0.4) is 0 Å². The molecule has 1 saturated carbocycles. The van der Waals surface area contributed by atoms with Crippen LogP contribution < -0.4 is 11.1 Å². The Balaban J connectivity index is 2.55. The number of carbonyl (C=O) groups excluding carboxylic acids is 1. The number of nitrogens with two attached hydrogens (primary N) is 1. The zero-order valence-corrected chi connectivity index (χ0v) is 12.9. The van der Waals surface area contributed by atoms with Crippen LogP contribution in [0.2, 0.25) is 0 Å². The first-order chi connectivity index (χ1) is 9.16. The lowest BCUT2D eigenvalue weighted by molar-refractivity contribution is -0.138. The predicted octanol–water partition coefficient (Wildman–Crippen LogP) is 1.90. The van der Waals surface area contributed by atoms with Crippen LogP contribution in [0.15, 0.2) is 0 Å². The Labute approximate surface area is 121 Å². The van der Waals surface area contributed by atoms with Gasteiger partial charge >= 0.3 is 5.97 Å². The summed E-state index contributed by atoms with van der Waals surface area (Å²) < 4.78 is 0. The molecule has 1 atom stereocenters. The van der Waals surface area contributed by atoms with Gasteiger partial charge in [0.05, 0.1) is 6.42 Å². The van der Waals surface area contributed by atoms with Crippen molar-refractivity contribution < 1.29 is 14.7 Å². The minimum Gasteiger partial charge on any atom is -0.481 e. The van der Waals surface area contributed by atoms with Crippen molar-refractivity contribution in [1.29, 1.82) is 0 Å². The van der Waals surface area contributed by atoms with Crippen molar-refractivity contribution in [3.8, 4) is 0 Å². The standard InChI is InChI=1S/C15H28N2O3/c1-14(2,3)8-11(7-13(19)20)17-12(18)9-15(10-16)5-4-6-15/h11H,4-10,16H2,1-3H3,(H,17,18)(H,19,20). The molecule has 1 fully saturated rings. The number of nitrogens with one attached hydrogen (secondary N) is 1. The lowest BCUT2D eigenvalue weighted by atomic mass is 9.66. The molecular formula is C15H28N2O3. The fraction of sp³-hybridized carbons (Fsp3) is 0.867. The SMILES string of the molecule is CC(C)(C)CC(CC(=O)O)NC(=O)CC1(CN)CCC1. The van der Waals surface area contributed by atoms with Gasteiger partial charge in [0.15, 0.2) is 0 Å². The Hall–Kier alpha value is -1.10. The van der Waals surface area contributed by atoms with E-state index in [1.807, 2.05) is 20.8 Å². The van der Waals surface area contributed by atoms with Crippen LogP contribution in [0.4, 0.5) is 0 Å². The van der Waals surface area contributed by atoms with Gasteiger partial charge in [-0.1, -0.05) is 27.2 Å². The van der Waals surface area contributed by atoms with Gasteiger partial charge in [0, 0.05) is 12.5 Å². The molecule has 0 aromatic carbocycles. The van der Waals surface area contributed by atoms with Gasteiger partial charge in [0.1, 0.15) is 0 Å². The van der Waals surface area contributed by atoms with Crippen molar-refractivity contribution in [1.82, 2.24) is 5.32 Å². The van der Waals surface area contributed by atoms with Crippen LogP contribution in [0.5, 0.6) is 0 Å². The number of hydrogen-bond acceptors (Lipinski definition) is 3. The number of carboxylic acids is 1. The topological polar surface area (TPSA) is 92.4 Å². The first-order valence-electron chi connectivity index (χ1n) is 7.37. The highest BCUT2D eigenvalue weighted by molar-refractivity contribution is 5.78. The minimum absolute atomic E-state index is 0.0184. The van der Waals surface area contributed by atoms with E-state index in [4.69, 9.17) is 10.8 Å². The molecule has 0 saturated heterocycles. The van der Waals surface area contributed by atoms with E-state index in [9.17, 15) is 9.59 Å². The third kappa shape index (κ3) is 5.49. The van der Waals surface area contributed by atoms with Crippen LogP contribution in [0, 0.1) is 10.8 Å². The second-order valence-corrected chi connectivity index (χ2v) is 7.36. The third-order valence-electron chi connectivity index (χ3n) is 4.03. The summed E-state index contributed by atoms with van der Waals surface area (Å²) in [6, 6.07) is -0.310. The highest BCUT2D eigenvalue weighted by Crippen LogP contribution is 2.42. The van der Waals surface area contributed by atoms with Crippen LogP contribution in [0.1, 0.15) is 59.3 Å². The average molecular weight is 284 g/mol. The van der Waals surface area contributed by atoms with E-state index in [1.165, 1.54) is 0 Å². The van der Waals surface area contributed by atoms with Crippen LogP contribution in [-0.2, 0) is 9.59 Å². The van der Waals surface area contributed by atoms with Crippen molar-refractivity contribution in [2.24, 2.45) is 16.6 Å². The first-order valence-corrected chi connectivity index (χ1v) is 7.37. The summed E-state index contributed by atoms with van der Waals surface area (Å²) >= 11 is 0. The fourth-order valence-electron chi connectivity index (χ4n) is 2.87. The van der Waals surface area contributed by atoms with E-state index in [0.717, 1.165) is 19.3 Å². The summed E-state index contributed by atoms with van der Waals surface area (Å²) in [4.78, 5) is 23.0. The maximum atomic E-state index is 12.1. The van der Waals surface area contributed by atoms with Crippen LogP contribution >= 0.6 is 0 Å². The fourth-order valence-corrected chi connectivity index (χ4v) is 2.87. The molecule has 0 aliphatic heterocycles. The summed E-state index contributed by atoms with van der Waals surface area (Å²) in [5.41, 5.74) is 5.70. The highest BCUT2D eigenvalue weighted by Gasteiger charge is 2.38. The van der Waals surface area contributed by atoms with Gasteiger partial charge in [-0.3, -0.25) is 9.59 Å². The van der Waals surface area contributed by atoms with Crippen LogP contribution in [-0.4, -0.2) is 29.6 Å². The zero-order valence-electron chi connectivity index (χ0n) is 12.9. The van der Waals surface area contributed by atoms with Crippen molar-refractivity contribution >= 4 is 11.9 Å². The molecule has 116 valence electrons. The van der Waals surface area contributed by atoms with E-state index >= 15 is 0 Å². The maximum Gasteiger partial charge on any atom is 0.305 e. The van der Waals surface area contributed by atoms with Crippen molar-refractivity contribution in [2.75, 3.05) is 6.54 Å². The zero-order chi connectivity index (χ0) is 15.4. The smallest absolute Gasteiger partial charge is 0.305 e. The maximum absolute atomic E-state index is 12.1. The summed E-state index contributed by atoms with van der Waals surface area (Å²) in [6.45, 7) is 6.66. The van der Waals surface area contributed by atoms with Crippen molar-refractivity contribution in [3.63, 3.8) is 0 Å². The van der Waals surface area contributed by atoms with Gasteiger partial charge < -0.3 is 16.2 Å². The molecule has 0 bridgehead atoms. The molecule has 5 heteroatoms. The Morgan fingerprint density at radius 1 is 1.35 bits per heavy atom. The average Bonchev–Trinajstić information content (AvgIpc) is 2.19. The van der Waals surface area contributed by atoms with Crippen molar-refractivity contribution in [3.05, 3.63) is 0 Å². The monoisotopic (exact) mass is 284 g/mol. The van der Waals surface area contributed by atoms with E-state index in [-0.39, 0.29) is 29.2 Å². The quantitative estimate of drug-likeness (QED) is 0.665. The van der Waals surface area contributed by atoms with Gasteiger partial charge in [-0.15, -0.1) is 0 Å². The largest absolute Gasteiger partial charge is 0.481 e. The highest BCUT2D eigenvalue weighted by atomic mass is 16.4. The Morgan fingerprint density at radius 2 is 1.95 bits per heavy atom. The van der Waals surface area contributed by atoms with E-state index in [0.29, 0.717) is 19.4 Å². The first kappa shape index (κ1) is 17.0. The predicted molar refractivity (Wildman–Crippen MR) is 78.2 cm³/mol. The summed E-state index contributed by atoms with van der Waals surface area (Å²) in [5, 5.41) is 11.8. The van der Waals surface area contributed by atoms with E-state index in [1.54, 1.807) is 0 Å². The molecule has 4 N–H and O–H groups in total. The molecule has 1 aliphatic carbocycles. The number of carbonyl (C=O) groups is 2. The molecule has 1 rings (SSSR count). The molecule has 0 heterocycles. The van der Waals surface area contributed by atoms with Crippen molar-refractivity contribution in [2.45, 2.75) is 65.3 Å². The second kappa shape index (κ2) is 6.57. The Morgan fingerprint density at radius 3 is 2.30 bits per heavy atom. The summed E-state index contributed by atoms with van der Waals surface area (Å²) in [7, 11) is 0. The number of rotatable bonds is 7. The van der Waals surface area contributed by atoms with Gasteiger partial charge in [0.25, 0.3) is 0 Å². The lowest BCUT2D eigenvalue weighted by Gasteiger charge is -2.40. The molecule has 1 aliphatic rings. The molecule has 1 unspecified atom stereocenters. The Bertz CT molecular complexity index is 351. The van der Waals surface area contributed by atoms with Gasteiger partial charge in [-0.25, -0.2) is 0 Å². The van der Waals surface area contributed by atoms with Crippen LogP contribution in [0.25, 0.3) is 0 Å². The molecule has 1 amide bonds. The van der Waals surface area contributed by atoms with E-state index in [2.05, 4.69) is 5.32 Å². The van der Waals surface area contributed by atoms with Gasteiger partial charge in [-0.05, 0) is 36.6 Å². The molecular weight excluding hydrogens is 256 g/mol. The lowest BCUT2D eigenvalue weighted by Crippen LogP contribution is -2.45. The molecule has 0 aromatic rings.